The summed E-state index contributed by atoms with van der Waals surface area (Å²) in [5.41, 5.74) is 0.365. The van der Waals surface area contributed by atoms with Gasteiger partial charge in [-0.25, -0.2) is 9.78 Å². The van der Waals surface area contributed by atoms with Gasteiger partial charge in [0.15, 0.2) is 5.16 Å². The van der Waals surface area contributed by atoms with Crippen LogP contribution in [0.5, 0.6) is 5.75 Å². The number of thioether (sulfide) groups is 1. The van der Waals surface area contributed by atoms with Gasteiger partial charge in [0, 0.05) is 16.8 Å². The molecule has 3 aromatic rings. The summed E-state index contributed by atoms with van der Waals surface area (Å²) >= 11 is 13.4. The number of halogens is 2. The fourth-order valence-corrected chi connectivity index (χ4v) is 4.01. The van der Waals surface area contributed by atoms with Crippen LogP contribution in [0.2, 0.25) is 10.0 Å². The topological polar surface area (TPSA) is 90.7 Å². The van der Waals surface area contributed by atoms with Crippen molar-refractivity contribution in [1.82, 2.24) is 9.55 Å². The minimum absolute atomic E-state index is 0.0871. The molecule has 0 saturated heterocycles. The third-order valence-electron chi connectivity index (χ3n) is 4.25. The molecule has 31 heavy (non-hydrogen) atoms. The van der Waals surface area contributed by atoms with Crippen molar-refractivity contribution >= 4 is 51.8 Å². The van der Waals surface area contributed by atoms with Crippen molar-refractivity contribution in [2.45, 2.75) is 24.7 Å². The van der Waals surface area contributed by atoms with E-state index in [1.165, 1.54) is 41.6 Å². The highest BCUT2D eigenvalue weighted by molar-refractivity contribution is 7.99. The lowest BCUT2D eigenvalue weighted by atomic mass is 10.1. The summed E-state index contributed by atoms with van der Waals surface area (Å²) in [6.07, 6.45) is -0.743. The number of carbonyl (C=O) groups is 1. The number of aliphatic hydroxyl groups is 1. The lowest BCUT2D eigenvalue weighted by molar-refractivity contribution is 0.0601. The number of esters is 1. The molecule has 0 radical (unpaired) electrons. The van der Waals surface area contributed by atoms with Crippen LogP contribution in [0.4, 0.5) is 0 Å². The highest BCUT2D eigenvalue weighted by atomic mass is 35.5. The summed E-state index contributed by atoms with van der Waals surface area (Å²) in [5.74, 6) is 0.403. The van der Waals surface area contributed by atoms with Gasteiger partial charge in [-0.15, -0.1) is 0 Å². The molecule has 0 amide bonds. The van der Waals surface area contributed by atoms with Crippen molar-refractivity contribution in [2.75, 3.05) is 19.5 Å². The molecule has 0 aliphatic heterocycles. The van der Waals surface area contributed by atoms with Crippen molar-refractivity contribution < 1.29 is 19.4 Å². The highest BCUT2D eigenvalue weighted by Crippen LogP contribution is 2.28. The largest absolute Gasteiger partial charge is 0.491 e. The van der Waals surface area contributed by atoms with Crippen LogP contribution in [0.1, 0.15) is 17.3 Å². The quantitative estimate of drug-likeness (QED) is 0.224. The zero-order valence-corrected chi connectivity index (χ0v) is 19.1. The van der Waals surface area contributed by atoms with Gasteiger partial charge in [0.05, 0.1) is 47.9 Å². The molecule has 1 heterocycles. The number of ether oxygens (including phenoxy) is 2. The molecule has 0 aliphatic carbocycles. The van der Waals surface area contributed by atoms with Gasteiger partial charge in [-0.1, -0.05) is 35.0 Å². The first kappa shape index (κ1) is 23.4. The van der Waals surface area contributed by atoms with Crippen LogP contribution in [-0.4, -0.2) is 46.2 Å². The maximum atomic E-state index is 13.0. The summed E-state index contributed by atoms with van der Waals surface area (Å²) < 4.78 is 11.8. The van der Waals surface area contributed by atoms with E-state index in [-0.39, 0.29) is 18.7 Å². The van der Waals surface area contributed by atoms with Crippen molar-refractivity contribution in [2.24, 2.45) is 0 Å². The number of methoxy groups -OCH3 is 1. The van der Waals surface area contributed by atoms with E-state index in [0.717, 1.165) is 0 Å². The van der Waals surface area contributed by atoms with Crippen molar-refractivity contribution in [3.8, 4) is 5.75 Å². The van der Waals surface area contributed by atoms with Crippen LogP contribution < -0.4 is 10.3 Å². The second kappa shape index (κ2) is 10.4. The summed E-state index contributed by atoms with van der Waals surface area (Å²) in [7, 11) is 1.29. The Labute approximate surface area is 192 Å². The Morgan fingerprint density at radius 2 is 2.03 bits per heavy atom. The number of fused-ring (bicyclic) bond motifs is 1. The third kappa shape index (κ3) is 5.71. The molecular weight excluding hydrogens is 463 g/mol. The summed E-state index contributed by atoms with van der Waals surface area (Å²) in [5, 5.41) is 11.5. The fourth-order valence-electron chi connectivity index (χ4n) is 2.85. The first-order chi connectivity index (χ1) is 14.8. The Bertz CT molecular complexity index is 1170. The van der Waals surface area contributed by atoms with Crippen LogP contribution in [0, 0.1) is 0 Å². The van der Waals surface area contributed by atoms with Crippen molar-refractivity contribution in [3.05, 3.63) is 62.4 Å². The predicted octanol–water partition coefficient (Wildman–Crippen LogP) is 4.04. The van der Waals surface area contributed by atoms with Gasteiger partial charge in [-0.3, -0.25) is 9.36 Å². The average molecular weight is 483 g/mol. The fraction of sp³-hybridized carbons (Fsp3) is 0.286. The van der Waals surface area contributed by atoms with E-state index >= 15 is 0 Å². The Morgan fingerprint density at radius 3 is 2.74 bits per heavy atom. The normalized spacial score (nSPS) is 12.0. The van der Waals surface area contributed by atoms with Crippen LogP contribution >= 0.6 is 35.0 Å². The number of rotatable bonds is 8. The van der Waals surface area contributed by atoms with Crippen LogP contribution in [0.25, 0.3) is 10.9 Å². The standard InChI is InChI=1S/C21H20Cl2N2O5S/c1-12(26)11-25-19(27)15-5-3-13(20(28)29-2)9-17(15)24-21(25)31-8-7-30-18-10-14(22)4-6-16(18)23/h3-6,9-10,12,26H,7-8,11H2,1-2H3. The van der Waals surface area contributed by atoms with E-state index < -0.39 is 12.1 Å². The van der Waals surface area contributed by atoms with Crippen LogP contribution in [0.3, 0.4) is 0 Å². The molecule has 1 aromatic heterocycles. The summed E-state index contributed by atoms with van der Waals surface area (Å²) in [4.78, 5) is 29.4. The van der Waals surface area contributed by atoms with E-state index in [4.69, 9.17) is 32.7 Å². The molecule has 1 unspecified atom stereocenters. The van der Waals surface area contributed by atoms with Crippen molar-refractivity contribution in [3.63, 3.8) is 0 Å². The van der Waals surface area contributed by atoms with E-state index in [0.29, 0.717) is 43.2 Å². The molecule has 1 atom stereocenters. The van der Waals surface area contributed by atoms with Crippen LogP contribution in [-0.2, 0) is 11.3 Å². The van der Waals surface area contributed by atoms with E-state index in [1.54, 1.807) is 25.1 Å². The molecule has 0 fully saturated rings. The predicted molar refractivity (Wildman–Crippen MR) is 122 cm³/mol. The number of nitrogens with zero attached hydrogens (tertiary/aromatic N) is 2. The maximum absolute atomic E-state index is 13.0. The zero-order chi connectivity index (χ0) is 22.5. The number of carbonyl (C=O) groups excluding carboxylic acids is 1. The Morgan fingerprint density at radius 1 is 1.26 bits per heavy atom. The van der Waals surface area contributed by atoms with Gasteiger partial charge < -0.3 is 14.6 Å². The minimum atomic E-state index is -0.743. The number of aliphatic hydroxyl groups excluding tert-OH is 1. The van der Waals surface area contributed by atoms with Crippen molar-refractivity contribution in [1.29, 1.82) is 0 Å². The molecule has 0 aliphatic rings. The van der Waals surface area contributed by atoms with E-state index in [2.05, 4.69) is 4.98 Å². The number of hydrogen-bond donors (Lipinski definition) is 1. The highest BCUT2D eigenvalue weighted by Gasteiger charge is 2.15. The molecule has 10 heteroatoms. The van der Waals surface area contributed by atoms with Gasteiger partial charge >= 0.3 is 5.97 Å². The first-order valence-corrected chi connectivity index (χ1v) is 11.1. The van der Waals surface area contributed by atoms with Gasteiger partial charge in [0.1, 0.15) is 5.75 Å². The second-order valence-electron chi connectivity index (χ2n) is 6.65. The molecule has 1 N–H and O–H groups in total. The molecule has 0 saturated carbocycles. The lowest BCUT2D eigenvalue weighted by Crippen LogP contribution is -2.28. The van der Waals surface area contributed by atoms with Gasteiger partial charge in [0.25, 0.3) is 5.56 Å². The van der Waals surface area contributed by atoms with Gasteiger partial charge in [0.2, 0.25) is 0 Å². The minimum Gasteiger partial charge on any atom is -0.491 e. The second-order valence-corrected chi connectivity index (χ2v) is 8.56. The smallest absolute Gasteiger partial charge is 0.337 e. The molecule has 3 rings (SSSR count). The third-order valence-corrected chi connectivity index (χ3v) is 5.74. The zero-order valence-electron chi connectivity index (χ0n) is 16.8. The molecule has 0 spiro atoms. The maximum Gasteiger partial charge on any atom is 0.337 e. The molecular formula is C21H20Cl2N2O5S. The molecule has 7 nitrogen and oxygen atoms in total. The Hall–Kier alpha value is -2.26. The van der Waals surface area contributed by atoms with Gasteiger partial charge in [-0.2, -0.15) is 0 Å². The van der Waals surface area contributed by atoms with E-state index in [9.17, 15) is 14.7 Å². The lowest BCUT2D eigenvalue weighted by Gasteiger charge is -2.15. The number of benzene rings is 2. The number of hydrogen-bond acceptors (Lipinski definition) is 7. The van der Waals surface area contributed by atoms with Gasteiger partial charge in [-0.05, 0) is 37.3 Å². The number of aromatic nitrogens is 2. The monoisotopic (exact) mass is 482 g/mol. The average Bonchev–Trinajstić information content (AvgIpc) is 2.74. The Balaban J connectivity index is 1.86. The van der Waals surface area contributed by atoms with Crippen LogP contribution in [0.15, 0.2) is 46.3 Å². The Kier molecular flexibility index (Phi) is 7.83. The molecule has 164 valence electrons. The summed E-state index contributed by atoms with van der Waals surface area (Å²) in [6.45, 7) is 1.97. The van der Waals surface area contributed by atoms with E-state index in [1.807, 2.05) is 0 Å². The summed E-state index contributed by atoms with van der Waals surface area (Å²) in [6, 6.07) is 9.51. The molecule has 2 aromatic carbocycles. The first-order valence-electron chi connectivity index (χ1n) is 9.31. The SMILES string of the molecule is COC(=O)c1ccc2c(=O)n(CC(C)O)c(SCCOc3cc(Cl)ccc3Cl)nc2c1. The molecule has 0 bridgehead atoms.